The Hall–Kier alpha value is -0.830. The summed E-state index contributed by atoms with van der Waals surface area (Å²) in [6, 6.07) is 3.74. The van der Waals surface area contributed by atoms with Crippen LogP contribution in [0.15, 0.2) is 12.1 Å². The van der Waals surface area contributed by atoms with Gasteiger partial charge in [0, 0.05) is 13.1 Å². The zero-order chi connectivity index (χ0) is 10.9. The van der Waals surface area contributed by atoms with Crippen LogP contribution in [0, 0.1) is 5.41 Å². The van der Waals surface area contributed by atoms with Crippen molar-refractivity contribution in [3.8, 4) is 0 Å². The molecule has 2 rings (SSSR count). The fraction of sp³-hybridized carbons (Fsp3) is 0.636. The largest absolute Gasteiger partial charge is 0.355 e. The van der Waals surface area contributed by atoms with Gasteiger partial charge in [-0.25, -0.2) is 0 Å². The SMILES string of the molecule is CCC1(C)CCN(c2ccc(Cl)nn2)C1. The first-order valence-electron chi connectivity index (χ1n) is 5.37. The molecule has 1 unspecified atom stereocenters. The molecule has 0 amide bonds. The van der Waals surface area contributed by atoms with Crippen molar-refractivity contribution in [3.05, 3.63) is 17.3 Å². The average Bonchev–Trinajstić information content (AvgIpc) is 2.63. The van der Waals surface area contributed by atoms with Crippen molar-refractivity contribution in [1.29, 1.82) is 0 Å². The summed E-state index contributed by atoms with van der Waals surface area (Å²) in [6.45, 7) is 6.72. The molecule has 1 aliphatic rings. The van der Waals surface area contributed by atoms with E-state index < -0.39 is 0 Å². The molecular weight excluding hydrogens is 210 g/mol. The number of halogens is 1. The summed E-state index contributed by atoms with van der Waals surface area (Å²) < 4.78 is 0. The lowest BCUT2D eigenvalue weighted by Gasteiger charge is -2.22. The molecule has 0 spiro atoms. The Balaban J connectivity index is 2.11. The molecule has 0 aromatic carbocycles. The molecular formula is C11H16ClN3. The fourth-order valence-electron chi connectivity index (χ4n) is 1.99. The van der Waals surface area contributed by atoms with Gasteiger partial charge in [0.2, 0.25) is 0 Å². The van der Waals surface area contributed by atoms with Gasteiger partial charge in [0.15, 0.2) is 11.0 Å². The van der Waals surface area contributed by atoms with Crippen molar-refractivity contribution in [1.82, 2.24) is 10.2 Å². The van der Waals surface area contributed by atoms with Crippen LogP contribution in [0.4, 0.5) is 5.82 Å². The highest BCUT2D eigenvalue weighted by atomic mass is 35.5. The molecule has 1 aromatic rings. The molecule has 0 bridgehead atoms. The number of hydrogen-bond donors (Lipinski definition) is 0. The smallest absolute Gasteiger partial charge is 0.151 e. The van der Waals surface area contributed by atoms with Crippen molar-refractivity contribution in [2.24, 2.45) is 5.41 Å². The second-order valence-electron chi connectivity index (χ2n) is 4.55. The number of nitrogens with zero attached hydrogens (tertiary/aromatic N) is 3. The third kappa shape index (κ3) is 2.23. The lowest BCUT2D eigenvalue weighted by molar-refractivity contribution is 0.355. The maximum Gasteiger partial charge on any atom is 0.151 e. The van der Waals surface area contributed by atoms with Crippen molar-refractivity contribution >= 4 is 17.4 Å². The van der Waals surface area contributed by atoms with Gasteiger partial charge in [-0.1, -0.05) is 25.4 Å². The summed E-state index contributed by atoms with van der Waals surface area (Å²) in [5.74, 6) is 0.941. The van der Waals surface area contributed by atoms with Gasteiger partial charge in [0.25, 0.3) is 0 Å². The van der Waals surface area contributed by atoms with Crippen molar-refractivity contribution in [2.45, 2.75) is 26.7 Å². The van der Waals surface area contributed by atoms with Crippen LogP contribution in [0.2, 0.25) is 5.15 Å². The molecule has 0 radical (unpaired) electrons. The van der Waals surface area contributed by atoms with Crippen LogP contribution in [0.1, 0.15) is 26.7 Å². The Kier molecular flexibility index (Phi) is 2.83. The fourth-order valence-corrected chi connectivity index (χ4v) is 2.09. The highest BCUT2D eigenvalue weighted by molar-refractivity contribution is 6.29. The summed E-state index contributed by atoms with van der Waals surface area (Å²) >= 11 is 5.71. The van der Waals surface area contributed by atoms with E-state index in [-0.39, 0.29) is 0 Å². The van der Waals surface area contributed by atoms with E-state index in [1.165, 1.54) is 12.8 Å². The van der Waals surface area contributed by atoms with Crippen LogP contribution in [-0.4, -0.2) is 23.3 Å². The molecule has 0 aliphatic carbocycles. The zero-order valence-electron chi connectivity index (χ0n) is 9.20. The summed E-state index contributed by atoms with van der Waals surface area (Å²) in [7, 11) is 0. The molecule has 3 nitrogen and oxygen atoms in total. The second kappa shape index (κ2) is 3.97. The first-order chi connectivity index (χ1) is 7.13. The molecule has 1 fully saturated rings. The predicted octanol–water partition coefficient (Wildman–Crippen LogP) is 2.76. The van der Waals surface area contributed by atoms with Gasteiger partial charge >= 0.3 is 0 Å². The first kappa shape index (κ1) is 10.7. The van der Waals surface area contributed by atoms with E-state index in [2.05, 4.69) is 28.9 Å². The minimum Gasteiger partial charge on any atom is -0.355 e. The van der Waals surface area contributed by atoms with Crippen LogP contribution in [-0.2, 0) is 0 Å². The molecule has 0 N–H and O–H groups in total. The highest BCUT2D eigenvalue weighted by Gasteiger charge is 2.32. The summed E-state index contributed by atoms with van der Waals surface area (Å²) in [6.07, 6.45) is 2.44. The third-order valence-electron chi connectivity index (χ3n) is 3.35. The van der Waals surface area contributed by atoms with E-state index in [1.807, 2.05) is 6.07 Å². The van der Waals surface area contributed by atoms with E-state index in [1.54, 1.807) is 6.07 Å². The number of rotatable bonds is 2. The monoisotopic (exact) mass is 225 g/mol. The number of hydrogen-bond acceptors (Lipinski definition) is 3. The third-order valence-corrected chi connectivity index (χ3v) is 3.55. The Labute approximate surface area is 95.5 Å². The van der Waals surface area contributed by atoms with Gasteiger partial charge in [-0.3, -0.25) is 0 Å². The molecule has 0 saturated carbocycles. The molecule has 4 heteroatoms. The Morgan fingerprint density at radius 2 is 2.27 bits per heavy atom. The molecule has 82 valence electrons. The van der Waals surface area contributed by atoms with Gasteiger partial charge in [0.1, 0.15) is 0 Å². The van der Waals surface area contributed by atoms with Crippen LogP contribution in [0.25, 0.3) is 0 Å². The van der Waals surface area contributed by atoms with E-state index in [0.29, 0.717) is 10.6 Å². The van der Waals surface area contributed by atoms with Gasteiger partial charge in [0.05, 0.1) is 0 Å². The normalized spacial score (nSPS) is 25.9. The van der Waals surface area contributed by atoms with E-state index >= 15 is 0 Å². The van der Waals surface area contributed by atoms with Crippen LogP contribution < -0.4 is 4.90 Å². The standard InChI is InChI=1S/C11H16ClN3/c1-3-11(2)6-7-15(8-11)10-5-4-9(12)13-14-10/h4-5H,3,6-8H2,1-2H3. The molecule has 1 saturated heterocycles. The highest BCUT2D eigenvalue weighted by Crippen LogP contribution is 2.34. The average molecular weight is 226 g/mol. The first-order valence-corrected chi connectivity index (χ1v) is 5.75. The Morgan fingerprint density at radius 1 is 1.47 bits per heavy atom. The summed E-state index contributed by atoms with van der Waals surface area (Å²) in [5.41, 5.74) is 0.432. The summed E-state index contributed by atoms with van der Waals surface area (Å²) in [4.78, 5) is 2.28. The lowest BCUT2D eigenvalue weighted by Crippen LogP contribution is -2.25. The van der Waals surface area contributed by atoms with Crippen LogP contribution in [0.3, 0.4) is 0 Å². The van der Waals surface area contributed by atoms with E-state index in [9.17, 15) is 0 Å². The quantitative estimate of drug-likeness (QED) is 0.775. The molecule has 1 aliphatic heterocycles. The molecule has 15 heavy (non-hydrogen) atoms. The van der Waals surface area contributed by atoms with Crippen LogP contribution in [0.5, 0.6) is 0 Å². The van der Waals surface area contributed by atoms with Gasteiger partial charge < -0.3 is 4.90 Å². The van der Waals surface area contributed by atoms with Crippen molar-refractivity contribution in [2.75, 3.05) is 18.0 Å². The minimum absolute atomic E-state index is 0.432. The van der Waals surface area contributed by atoms with Crippen molar-refractivity contribution < 1.29 is 0 Å². The van der Waals surface area contributed by atoms with Gasteiger partial charge in [-0.05, 0) is 30.4 Å². The zero-order valence-corrected chi connectivity index (χ0v) is 9.96. The van der Waals surface area contributed by atoms with E-state index in [4.69, 9.17) is 11.6 Å². The minimum atomic E-state index is 0.432. The van der Waals surface area contributed by atoms with Gasteiger partial charge in [-0.2, -0.15) is 0 Å². The molecule has 1 aromatic heterocycles. The predicted molar refractivity (Wildman–Crippen MR) is 62.3 cm³/mol. The molecule has 1 atom stereocenters. The molecule has 2 heterocycles. The topological polar surface area (TPSA) is 29.0 Å². The van der Waals surface area contributed by atoms with Crippen molar-refractivity contribution in [3.63, 3.8) is 0 Å². The Bertz CT molecular complexity index is 338. The lowest BCUT2D eigenvalue weighted by atomic mass is 9.87. The van der Waals surface area contributed by atoms with Crippen LogP contribution >= 0.6 is 11.6 Å². The number of anilines is 1. The van der Waals surface area contributed by atoms with Gasteiger partial charge in [-0.15, -0.1) is 10.2 Å². The summed E-state index contributed by atoms with van der Waals surface area (Å²) in [5, 5.41) is 8.43. The number of aromatic nitrogens is 2. The van der Waals surface area contributed by atoms with E-state index in [0.717, 1.165) is 18.9 Å². The maximum atomic E-state index is 5.71. The maximum absolute atomic E-state index is 5.71. The second-order valence-corrected chi connectivity index (χ2v) is 4.94. The Morgan fingerprint density at radius 3 is 2.80 bits per heavy atom.